The molecular formula is C77H115N17O17S2. The van der Waals surface area contributed by atoms with Gasteiger partial charge in [0.1, 0.15) is 78.5 Å². The third-order valence-corrected chi connectivity index (χ3v) is 20.0. The molecule has 13 amide bonds. The summed E-state index contributed by atoms with van der Waals surface area (Å²) in [6, 6.07) is 4.04. The molecule has 0 aliphatic heterocycles. The largest absolute Gasteiger partial charge is 0.480 e. The van der Waals surface area contributed by atoms with Crippen molar-refractivity contribution in [2.45, 2.75) is 235 Å². The lowest BCUT2D eigenvalue weighted by molar-refractivity contribution is -0.154. The number of fused-ring (bicyclic) bond motifs is 1. The van der Waals surface area contributed by atoms with Crippen LogP contribution >= 0.6 is 25.3 Å². The number of hydrogen-bond donors (Lipinski definition) is 21. The molecule has 5 rings (SSSR count). The number of thiol groups is 2. The van der Waals surface area contributed by atoms with E-state index in [1.54, 1.807) is 105 Å². The molecule has 1 aliphatic rings. The summed E-state index contributed by atoms with van der Waals surface area (Å²) in [5.74, 6) is -13.8. The van der Waals surface area contributed by atoms with Gasteiger partial charge in [-0.3, -0.25) is 62.3 Å². The summed E-state index contributed by atoms with van der Waals surface area (Å²) < 4.78 is 0. The number of carbonyl (C=O) groups excluding carboxylic acids is 13. The number of carbonyl (C=O) groups is 14. The van der Waals surface area contributed by atoms with Crippen LogP contribution < -0.4 is 81.0 Å². The van der Waals surface area contributed by atoms with Crippen molar-refractivity contribution in [1.82, 2.24) is 73.7 Å². The Kier molecular flexibility index (Phi) is 39.6. The van der Waals surface area contributed by atoms with Crippen LogP contribution in [-0.2, 0) is 86.4 Å². The highest BCUT2D eigenvalue weighted by Crippen LogP contribution is 2.27. The second-order valence-corrected chi connectivity index (χ2v) is 29.5. The number of rotatable bonds is 47. The normalized spacial score (nSPS) is 16.2. The van der Waals surface area contributed by atoms with Gasteiger partial charge in [-0.2, -0.15) is 25.3 Å². The molecule has 1 aromatic heterocycles. The summed E-state index contributed by atoms with van der Waals surface area (Å²) in [6.07, 6.45) is 4.11. The zero-order valence-corrected chi connectivity index (χ0v) is 66.8. The molecule has 3 aromatic carbocycles. The third-order valence-electron chi connectivity index (χ3n) is 19.3. The number of aliphatic hydroxyl groups is 2. The van der Waals surface area contributed by atoms with E-state index in [1.165, 1.54) is 34.6 Å². The monoisotopic (exact) mass is 1610 g/mol. The number of aromatic nitrogens is 1. The van der Waals surface area contributed by atoms with Gasteiger partial charge in [0, 0.05) is 53.9 Å². The lowest BCUT2D eigenvalue weighted by Crippen LogP contribution is -2.63. The third kappa shape index (κ3) is 29.6. The topological polar surface area (TPSA) is 541 Å². The van der Waals surface area contributed by atoms with Gasteiger partial charge >= 0.3 is 5.97 Å². The number of carboxylic acids is 1. The summed E-state index contributed by atoms with van der Waals surface area (Å²) >= 11 is 8.42. The van der Waals surface area contributed by atoms with Crippen molar-refractivity contribution in [3.63, 3.8) is 0 Å². The summed E-state index contributed by atoms with van der Waals surface area (Å²) in [7, 11) is 0. The summed E-state index contributed by atoms with van der Waals surface area (Å²) in [4.78, 5) is 200. The maximum absolute atomic E-state index is 15.2. The molecule has 1 heterocycles. The molecule has 113 heavy (non-hydrogen) atoms. The van der Waals surface area contributed by atoms with Crippen LogP contribution in [0.2, 0.25) is 0 Å². The molecule has 15 atom stereocenters. The molecule has 622 valence electrons. The second-order valence-electron chi connectivity index (χ2n) is 28.8. The summed E-state index contributed by atoms with van der Waals surface area (Å²) in [6.45, 7) is 9.35. The first-order valence-electron chi connectivity index (χ1n) is 38.3. The first kappa shape index (κ1) is 93.9. The Balaban J connectivity index is 1.38. The van der Waals surface area contributed by atoms with E-state index in [0.29, 0.717) is 72.5 Å². The van der Waals surface area contributed by atoms with Crippen molar-refractivity contribution < 1.29 is 82.4 Å². The van der Waals surface area contributed by atoms with Crippen molar-refractivity contribution in [3.05, 3.63) is 108 Å². The van der Waals surface area contributed by atoms with Gasteiger partial charge in [0.2, 0.25) is 76.8 Å². The summed E-state index contributed by atoms with van der Waals surface area (Å²) in [5, 5.41) is 63.7. The van der Waals surface area contributed by atoms with E-state index in [1.807, 2.05) is 0 Å². The van der Waals surface area contributed by atoms with E-state index < -0.39 is 192 Å². The number of hydrogen-bond acceptors (Lipinski definition) is 21. The number of nitrogens with zero attached hydrogens (tertiary/aromatic N) is 1. The quantitative estimate of drug-likeness (QED) is 0.0171. The van der Waals surface area contributed by atoms with E-state index in [4.69, 9.17) is 17.2 Å². The van der Waals surface area contributed by atoms with Gasteiger partial charge in [-0.15, -0.1) is 0 Å². The van der Waals surface area contributed by atoms with E-state index in [2.05, 4.69) is 94.0 Å². The number of H-pyrrole nitrogens is 1. The maximum Gasteiger partial charge on any atom is 0.327 e. The van der Waals surface area contributed by atoms with Crippen LogP contribution in [0, 0.1) is 5.92 Å². The van der Waals surface area contributed by atoms with Crippen molar-refractivity contribution in [2.24, 2.45) is 23.1 Å². The zero-order chi connectivity index (χ0) is 83.6. The van der Waals surface area contributed by atoms with Gasteiger partial charge < -0.3 is 106 Å². The van der Waals surface area contributed by atoms with Crippen molar-refractivity contribution in [2.75, 3.05) is 31.2 Å². The van der Waals surface area contributed by atoms with Gasteiger partial charge in [-0.1, -0.05) is 112 Å². The minimum Gasteiger partial charge on any atom is -0.480 e. The SMILES string of the molecule is CC(C)[C@@H](NC(=O)[C@H](CCCCN)NC(=O)[C@@H](Cc1c[nH]c2ccccc12)NC(=O)[C@H](Cc1ccccc1)NC(=O)[C@H](C)NC(=O)[C@@H](C)NC(=O)[C@H](CCCCN)NC(=O)[C@H](CS)NC(=O)[C@@H](C)NC(=O)[C@H](C)N)C(=O)N[C@@H](Cc1ccccc1)C(=O)N[C@H](C(=O)N[C@@H](CO)C(=O)N(C1CCCCC1)[C@@H](CS)C(=O)O)[C@@H](C)O. The molecule has 34 nitrogen and oxygen atoms in total. The first-order valence-corrected chi connectivity index (χ1v) is 39.5. The number of nitrogens with two attached hydrogens (primary N) is 3. The number of para-hydroxylation sites is 1. The first-order chi connectivity index (χ1) is 53.8. The molecule has 0 unspecified atom stereocenters. The van der Waals surface area contributed by atoms with Crippen LogP contribution in [0.3, 0.4) is 0 Å². The number of unbranched alkanes of at least 4 members (excludes halogenated alkanes) is 2. The zero-order valence-electron chi connectivity index (χ0n) is 65.0. The molecule has 0 radical (unpaired) electrons. The molecule has 22 N–H and O–H groups in total. The number of nitrogens with one attached hydrogen (secondary N) is 13. The molecule has 0 spiro atoms. The highest BCUT2D eigenvalue weighted by atomic mass is 32.1. The average molecular weight is 1620 g/mol. The molecule has 1 fully saturated rings. The van der Waals surface area contributed by atoms with Gasteiger partial charge in [0.05, 0.1) is 18.8 Å². The predicted octanol–water partition coefficient (Wildman–Crippen LogP) is -1.82. The van der Waals surface area contributed by atoms with Crippen LogP contribution in [-0.4, -0.2) is 236 Å². The number of aliphatic hydroxyl groups excluding tert-OH is 2. The van der Waals surface area contributed by atoms with E-state index in [-0.39, 0.29) is 63.1 Å². The highest BCUT2D eigenvalue weighted by molar-refractivity contribution is 7.80. The van der Waals surface area contributed by atoms with Gasteiger partial charge in [-0.25, -0.2) is 4.79 Å². The minimum absolute atomic E-state index is 0.0466. The van der Waals surface area contributed by atoms with E-state index in [0.717, 1.165) is 11.3 Å². The predicted molar refractivity (Wildman–Crippen MR) is 428 cm³/mol. The van der Waals surface area contributed by atoms with Crippen molar-refractivity contribution >= 4 is 119 Å². The minimum atomic E-state index is -1.82. The molecule has 0 saturated heterocycles. The standard InChI is InChI=1S/C77H115N17O17S2/c1-42(2)62(74(107)89-57(36-49-25-13-9-14-26-49)72(105)93-63(47(7)96)75(108)90-59(39-95)76(109)94(61(41-113)77(110)111)51-27-15-10-16-28-51)92-69(102)55(32-20-22-34-79)85-71(104)58(37-50-38-81-53-30-18-17-29-52(50)53)88-70(103)56(35-48-23-11-8-12-24-48)87-66(99)46(6)83-65(98)44(4)84-68(101)54(31-19-21-33-78)86-73(106)60(40-112)91-67(100)45(5)82-64(97)43(3)80/h8-9,11-14,17-18,23-26,29-30,38,42-47,51,54-63,81,95-96,112-113H,10,15-16,19-22,27-28,31-37,39-41,78-80H2,1-7H3,(H,82,97)(H,83,98)(H,84,101)(H,85,104)(H,86,106)(H,87,99)(H,88,103)(H,89,107)(H,90,108)(H,91,100)(H,92,102)(H,93,105)(H,110,111)/t43-,44+,45+,46-,47+,54-,55-,56-,57-,58+,59-,60-,61-,62+,63-/m0/s1. The summed E-state index contributed by atoms with van der Waals surface area (Å²) in [5.41, 5.74) is 19.6. The lowest BCUT2D eigenvalue weighted by atomic mass is 9.92. The molecular weight excluding hydrogens is 1500 g/mol. The van der Waals surface area contributed by atoms with Gasteiger partial charge in [-0.05, 0) is 128 Å². The van der Waals surface area contributed by atoms with Crippen LogP contribution in [0.25, 0.3) is 10.9 Å². The highest BCUT2D eigenvalue weighted by Gasteiger charge is 2.42. The van der Waals surface area contributed by atoms with Crippen LogP contribution in [0.1, 0.15) is 136 Å². The van der Waals surface area contributed by atoms with Gasteiger partial charge in [0.25, 0.3) is 0 Å². The number of aromatic amines is 1. The van der Waals surface area contributed by atoms with Crippen molar-refractivity contribution in [1.29, 1.82) is 0 Å². The Labute approximate surface area is 669 Å². The molecule has 1 aliphatic carbocycles. The van der Waals surface area contributed by atoms with E-state index >= 15 is 9.59 Å². The second kappa shape index (κ2) is 47.7. The number of carboxylic acid groups (broad SMARTS) is 1. The molecule has 0 bridgehead atoms. The smallest absolute Gasteiger partial charge is 0.327 e. The Morgan fingerprint density at radius 2 is 0.858 bits per heavy atom. The Hall–Kier alpha value is -9.72. The number of amides is 13. The lowest BCUT2D eigenvalue weighted by Gasteiger charge is -2.39. The Morgan fingerprint density at radius 1 is 0.460 bits per heavy atom. The van der Waals surface area contributed by atoms with Crippen LogP contribution in [0.15, 0.2) is 91.1 Å². The fraction of sp³-hybridized carbons (Fsp3) is 0.558. The average Bonchev–Trinajstić information content (AvgIpc) is 1.76. The van der Waals surface area contributed by atoms with Crippen LogP contribution in [0.4, 0.5) is 0 Å². The van der Waals surface area contributed by atoms with Crippen molar-refractivity contribution in [3.8, 4) is 0 Å². The number of benzene rings is 3. The Bertz CT molecular complexity index is 3830. The fourth-order valence-electron chi connectivity index (χ4n) is 12.7. The van der Waals surface area contributed by atoms with Gasteiger partial charge in [0.15, 0.2) is 0 Å². The fourth-order valence-corrected chi connectivity index (χ4v) is 13.3. The molecule has 36 heteroatoms. The molecule has 4 aromatic rings. The van der Waals surface area contributed by atoms with E-state index in [9.17, 15) is 72.9 Å². The van der Waals surface area contributed by atoms with Crippen LogP contribution in [0.5, 0.6) is 0 Å². The Morgan fingerprint density at radius 3 is 1.34 bits per heavy atom. The maximum atomic E-state index is 15.2. The number of aliphatic carboxylic acids is 1. The molecule has 1 saturated carbocycles.